The Labute approximate surface area is 60.3 Å². The van der Waals surface area contributed by atoms with Crippen LogP contribution in [0.2, 0.25) is 0 Å². The maximum atomic E-state index is 11.4. The Bertz CT molecular complexity index is 164. The van der Waals surface area contributed by atoms with E-state index in [2.05, 4.69) is 4.18 Å². The third-order valence-electron chi connectivity index (χ3n) is 0.825. The molecule has 0 aromatic rings. The Morgan fingerprint density at radius 1 is 1.40 bits per heavy atom. The van der Waals surface area contributed by atoms with Crippen LogP contribution in [-0.2, 0) is 14.3 Å². The molecule has 62 valence electrons. The zero-order valence-electron chi connectivity index (χ0n) is 5.84. The molecule has 0 amide bonds. The fourth-order valence-electron chi connectivity index (χ4n) is 0.407. The topological polar surface area (TPSA) is 43.4 Å². The highest BCUT2D eigenvalue weighted by Crippen LogP contribution is 1.93. The molecule has 10 heavy (non-hydrogen) atoms. The van der Waals surface area contributed by atoms with Crippen molar-refractivity contribution < 1.29 is 17.0 Å². The molecule has 0 rings (SSSR count). The Balaban J connectivity index is 3.21. The van der Waals surface area contributed by atoms with E-state index < -0.39 is 16.8 Å². The summed E-state index contributed by atoms with van der Waals surface area (Å²) in [6.07, 6.45) is 1.78. The van der Waals surface area contributed by atoms with Gasteiger partial charge in [0.05, 0.1) is 19.5 Å². The lowest BCUT2D eigenvalue weighted by atomic mass is 10.4. The minimum Gasteiger partial charge on any atom is -0.270 e. The van der Waals surface area contributed by atoms with E-state index in [0.29, 0.717) is 12.8 Å². The molecule has 0 saturated heterocycles. The summed E-state index contributed by atoms with van der Waals surface area (Å²) >= 11 is 0. The summed E-state index contributed by atoms with van der Waals surface area (Å²) < 4.78 is 36.3. The minimum absolute atomic E-state index is 0.0861. The first kappa shape index (κ1) is 9.84. The largest absolute Gasteiger partial charge is 0.270 e. The molecule has 0 aliphatic heterocycles. The molecule has 0 aliphatic rings. The van der Waals surface area contributed by atoms with Crippen LogP contribution in [0, 0.1) is 0 Å². The predicted octanol–water partition coefficient (Wildman–Crippen LogP) is 0.712. The lowest BCUT2D eigenvalue weighted by molar-refractivity contribution is 0.302. The molecule has 5 heteroatoms. The maximum absolute atomic E-state index is 11.4. The number of hydrogen-bond acceptors (Lipinski definition) is 3. The molecule has 0 fully saturated rings. The molecule has 0 N–H and O–H groups in total. The quantitative estimate of drug-likeness (QED) is 0.451. The van der Waals surface area contributed by atoms with E-state index in [0.717, 1.165) is 6.26 Å². The Morgan fingerprint density at radius 3 is 2.40 bits per heavy atom. The highest BCUT2D eigenvalue weighted by Gasteiger charge is 1.99. The van der Waals surface area contributed by atoms with Crippen LogP contribution in [0.3, 0.4) is 0 Å². The van der Waals surface area contributed by atoms with Crippen molar-refractivity contribution in [2.45, 2.75) is 12.8 Å². The first-order valence-electron chi connectivity index (χ1n) is 2.96. The van der Waals surface area contributed by atoms with Crippen molar-refractivity contribution in [3.8, 4) is 0 Å². The Morgan fingerprint density at radius 2 is 2.00 bits per heavy atom. The molecular formula is C5H11FO3S. The van der Waals surface area contributed by atoms with Crippen LogP contribution in [0.1, 0.15) is 12.8 Å². The van der Waals surface area contributed by atoms with E-state index in [4.69, 9.17) is 0 Å². The summed E-state index contributed by atoms with van der Waals surface area (Å²) in [5.74, 6) is 0. The van der Waals surface area contributed by atoms with Crippen LogP contribution in [0.15, 0.2) is 0 Å². The van der Waals surface area contributed by atoms with Gasteiger partial charge < -0.3 is 0 Å². The number of alkyl halides is 1. The molecule has 0 heterocycles. The van der Waals surface area contributed by atoms with Gasteiger partial charge in [-0.05, 0) is 12.8 Å². The number of unbranched alkanes of at least 4 members (excludes halogenated alkanes) is 1. The summed E-state index contributed by atoms with van der Waals surface area (Å²) in [4.78, 5) is 0. The molecule has 0 atom stereocenters. The minimum atomic E-state index is -3.33. The van der Waals surface area contributed by atoms with E-state index >= 15 is 0 Å². The zero-order chi connectivity index (χ0) is 8.04. The average molecular weight is 170 g/mol. The van der Waals surface area contributed by atoms with Gasteiger partial charge in [0.1, 0.15) is 0 Å². The summed E-state index contributed by atoms with van der Waals surface area (Å²) in [6.45, 7) is -0.337. The first-order valence-corrected chi connectivity index (χ1v) is 4.78. The summed E-state index contributed by atoms with van der Waals surface area (Å²) in [7, 11) is -3.33. The molecule has 0 unspecified atom stereocenters. The summed E-state index contributed by atoms with van der Waals surface area (Å²) in [6, 6.07) is 0. The Hall–Kier alpha value is -0.160. The normalized spacial score (nSPS) is 11.8. The lowest BCUT2D eigenvalue weighted by Gasteiger charge is -1.97. The van der Waals surface area contributed by atoms with Gasteiger partial charge in [-0.1, -0.05) is 0 Å². The molecule has 0 aromatic carbocycles. The molecule has 0 aliphatic carbocycles. The van der Waals surface area contributed by atoms with Crippen molar-refractivity contribution in [1.82, 2.24) is 0 Å². The monoisotopic (exact) mass is 170 g/mol. The maximum Gasteiger partial charge on any atom is 0.264 e. The zero-order valence-corrected chi connectivity index (χ0v) is 6.66. The highest BCUT2D eigenvalue weighted by atomic mass is 32.2. The lowest BCUT2D eigenvalue weighted by Crippen LogP contribution is -2.03. The van der Waals surface area contributed by atoms with Crippen LogP contribution in [0.4, 0.5) is 4.39 Å². The van der Waals surface area contributed by atoms with Crippen molar-refractivity contribution in [2.75, 3.05) is 19.5 Å². The third kappa shape index (κ3) is 7.84. The molecule has 0 aromatic heterocycles. The first-order chi connectivity index (χ1) is 4.56. The summed E-state index contributed by atoms with van der Waals surface area (Å²) in [5, 5.41) is 0. The van der Waals surface area contributed by atoms with Crippen LogP contribution in [0.25, 0.3) is 0 Å². The van der Waals surface area contributed by atoms with Crippen LogP contribution < -0.4 is 0 Å². The molecule has 0 bridgehead atoms. The van der Waals surface area contributed by atoms with Gasteiger partial charge in [-0.2, -0.15) is 8.42 Å². The van der Waals surface area contributed by atoms with Crippen molar-refractivity contribution in [3.63, 3.8) is 0 Å². The fraction of sp³-hybridized carbons (Fsp3) is 1.00. The molecule has 3 nitrogen and oxygen atoms in total. The van der Waals surface area contributed by atoms with Gasteiger partial charge in [0.25, 0.3) is 10.1 Å². The summed E-state index contributed by atoms with van der Waals surface area (Å²) in [5.41, 5.74) is 0. The van der Waals surface area contributed by atoms with Gasteiger partial charge >= 0.3 is 0 Å². The average Bonchev–Trinajstić information content (AvgIpc) is 1.78. The standard InChI is InChI=1S/C5H11FO3S/c1-10(7,8)9-5-3-2-4-6/h2-5H2,1H3. The molecular weight excluding hydrogens is 159 g/mol. The Kier molecular flexibility index (Phi) is 4.55. The third-order valence-corrected chi connectivity index (χ3v) is 1.42. The van der Waals surface area contributed by atoms with Gasteiger partial charge in [0.2, 0.25) is 0 Å². The second-order valence-corrected chi connectivity index (χ2v) is 3.57. The second-order valence-electron chi connectivity index (χ2n) is 1.92. The van der Waals surface area contributed by atoms with E-state index in [1.54, 1.807) is 0 Å². The van der Waals surface area contributed by atoms with E-state index in [1.165, 1.54) is 0 Å². The second kappa shape index (κ2) is 4.62. The van der Waals surface area contributed by atoms with Gasteiger partial charge in [0.15, 0.2) is 0 Å². The molecule has 0 saturated carbocycles. The van der Waals surface area contributed by atoms with Crippen LogP contribution >= 0.6 is 0 Å². The van der Waals surface area contributed by atoms with Crippen molar-refractivity contribution in [1.29, 1.82) is 0 Å². The van der Waals surface area contributed by atoms with Crippen molar-refractivity contribution in [3.05, 3.63) is 0 Å². The van der Waals surface area contributed by atoms with Crippen molar-refractivity contribution >= 4 is 10.1 Å². The molecule has 0 radical (unpaired) electrons. The number of hydrogen-bond donors (Lipinski definition) is 0. The van der Waals surface area contributed by atoms with Gasteiger partial charge in [-0.25, -0.2) is 0 Å². The number of halogens is 1. The predicted molar refractivity (Wildman–Crippen MR) is 36.0 cm³/mol. The number of rotatable bonds is 5. The van der Waals surface area contributed by atoms with E-state index in [9.17, 15) is 12.8 Å². The van der Waals surface area contributed by atoms with Crippen LogP contribution in [-0.4, -0.2) is 28.0 Å². The van der Waals surface area contributed by atoms with E-state index in [1.807, 2.05) is 0 Å². The van der Waals surface area contributed by atoms with Gasteiger partial charge in [-0.15, -0.1) is 0 Å². The van der Waals surface area contributed by atoms with Crippen LogP contribution in [0.5, 0.6) is 0 Å². The van der Waals surface area contributed by atoms with Gasteiger partial charge in [-0.3, -0.25) is 8.57 Å². The fourth-order valence-corrected chi connectivity index (χ4v) is 0.827. The SMILES string of the molecule is CS(=O)(=O)OCCCCF. The highest BCUT2D eigenvalue weighted by molar-refractivity contribution is 7.85. The van der Waals surface area contributed by atoms with Gasteiger partial charge in [0, 0.05) is 0 Å². The van der Waals surface area contributed by atoms with E-state index in [-0.39, 0.29) is 6.61 Å². The smallest absolute Gasteiger partial charge is 0.264 e. The van der Waals surface area contributed by atoms with Crippen molar-refractivity contribution in [2.24, 2.45) is 0 Å². The molecule has 0 spiro atoms.